The normalized spacial score (nSPS) is 17.8. The SMILES string of the molecule is COC(=O)C(c1ccc(CN2N=C(c3ccc(F)cc3)OCC2=O)cc1)C1CCCC1. The molecular weight excluding hydrogens is 399 g/mol. The Hall–Kier alpha value is -3.22. The summed E-state index contributed by atoms with van der Waals surface area (Å²) in [6.07, 6.45) is 4.35. The van der Waals surface area contributed by atoms with E-state index in [1.165, 1.54) is 24.3 Å². The highest BCUT2D eigenvalue weighted by Crippen LogP contribution is 2.38. The minimum absolute atomic E-state index is 0.125. The highest BCUT2D eigenvalue weighted by molar-refractivity contribution is 5.97. The number of benzene rings is 2. The van der Waals surface area contributed by atoms with Gasteiger partial charge in [0.05, 0.1) is 19.6 Å². The Kier molecular flexibility index (Phi) is 6.30. The van der Waals surface area contributed by atoms with Crippen molar-refractivity contribution in [3.63, 3.8) is 0 Å². The van der Waals surface area contributed by atoms with E-state index in [2.05, 4.69) is 5.10 Å². The van der Waals surface area contributed by atoms with Gasteiger partial charge in [-0.2, -0.15) is 0 Å². The first-order valence-corrected chi connectivity index (χ1v) is 10.5. The van der Waals surface area contributed by atoms with Gasteiger partial charge in [0.1, 0.15) is 5.82 Å². The van der Waals surface area contributed by atoms with Crippen LogP contribution in [0.1, 0.15) is 48.3 Å². The van der Waals surface area contributed by atoms with Crippen molar-refractivity contribution in [3.8, 4) is 0 Å². The maximum atomic E-state index is 13.2. The second kappa shape index (κ2) is 9.29. The number of hydrogen-bond acceptors (Lipinski definition) is 5. The minimum atomic E-state index is -0.351. The Morgan fingerprint density at radius 3 is 2.48 bits per heavy atom. The third kappa shape index (κ3) is 4.76. The topological polar surface area (TPSA) is 68.2 Å². The lowest BCUT2D eigenvalue weighted by molar-refractivity contribution is -0.143. The number of methoxy groups -OCH3 is 1. The molecule has 1 saturated carbocycles. The van der Waals surface area contributed by atoms with E-state index in [0.29, 0.717) is 11.5 Å². The van der Waals surface area contributed by atoms with Gasteiger partial charge in [0.25, 0.3) is 5.91 Å². The summed E-state index contributed by atoms with van der Waals surface area (Å²) in [6, 6.07) is 13.5. The van der Waals surface area contributed by atoms with E-state index in [4.69, 9.17) is 9.47 Å². The molecule has 1 aliphatic heterocycles. The Balaban J connectivity index is 1.50. The van der Waals surface area contributed by atoms with Gasteiger partial charge in [0.15, 0.2) is 6.61 Å². The molecule has 1 unspecified atom stereocenters. The summed E-state index contributed by atoms with van der Waals surface area (Å²) in [5, 5.41) is 5.65. The zero-order valence-corrected chi connectivity index (χ0v) is 17.4. The minimum Gasteiger partial charge on any atom is -0.469 e. The van der Waals surface area contributed by atoms with Crippen LogP contribution in [0, 0.1) is 11.7 Å². The third-order valence-corrected chi connectivity index (χ3v) is 5.92. The number of carbonyl (C=O) groups excluding carboxylic acids is 2. The predicted molar refractivity (Wildman–Crippen MR) is 113 cm³/mol. The van der Waals surface area contributed by atoms with Crippen molar-refractivity contribution in [1.82, 2.24) is 5.01 Å². The second-order valence-electron chi connectivity index (χ2n) is 7.94. The van der Waals surface area contributed by atoms with Crippen LogP contribution in [-0.4, -0.2) is 36.5 Å². The average molecular weight is 424 g/mol. The molecule has 4 rings (SSSR count). The lowest BCUT2D eigenvalue weighted by Gasteiger charge is -2.24. The standard InChI is InChI=1S/C24H25FN2O4/c1-30-24(29)22(17-4-2-3-5-17)18-8-6-16(7-9-18)14-27-21(28)15-31-23(26-27)19-10-12-20(25)13-11-19/h6-13,17,22H,2-5,14-15H2,1H3. The molecule has 1 amide bonds. The molecule has 2 aromatic carbocycles. The van der Waals surface area contributed by atoms with E-state index in [9.17, 15) is 14.0 Å². The maximum absolute atomic E-state index is 13.2. The molecule has 0 bridgehead atoms. The van der Waals surface area contributed by atoms with E-state index >= 15 is 0 Å². The molecule has 2 aromatic rings. The van der Waals surface area contributed by atoms with E-state index in [-0.39, 0.29) is 42.7 Å². The van der Waals surface area contributed by atoms with Crippen molar-refractivity contribution in [3.05, 3.63) is 71.0 Å². The van der Waals surface area contributed by atoms with Gasteiger partial charge >= 0.3 is 5.97 Å². The number of hydrazone groups is 1. The van der Waals surface area contributed by atoms with Crippen LogP contribution in [0.5, 0.6) is 0 Å². The summed E-state index contributed by atoms with van der Waals surface area (Å²) in [5.41, 5.74) is 2.43. The number of hydrogen-bond donors (Lipinski definition) is 0. The van der Waals surface area contributed by atoms with Crippen LogP contribution < -0.4 is 0 Å². The number of halogens is 1. The molecule has 1 atom stereocenters. The van der Waals surface area contributed by atoms with E-state index in [1.807, 2.05) is 24.3 Å². The first kappa shape index (κ1) is 21.0. The fourth-order valence-corrected chi connectivity index (χ4v) is 4.28. The van der Waals surface area contributed by atoms with Crippen LogP contribution in [-0.2, 0) is 25.6 Å². The van der Waals surface area contributed by atoms with E-state index in [0.717, 1.165) is 36.8 Å². The van der Waals surface area contributed by atoms with Crippen molar-refractivity contribution in [1.29, 1.82) is 0 Å². The molecule has 162 valence electrons. The molecule has 0 N–H and O–H groups in total. The molecular formula is C24H25FN2O4. The smallest absolute Gasteiger partial charge is 0.313 e. The maximum Gasteiger partial charge on any atom is 0.313 e. The largest absolute Gasteiger partial charge is 0.469 e. The third-order valence-electron chi connectivity index (χ3n) is 5.92. The molecule has 6 nitrogen and oxygen atoms in total. The van der Waals surface area contributed by atoms with Crippen LogP contribution in [0.4, 0.5) is 4.39 Å². The lowest BCUT2D eigenvalue weighted by Crippen LogP contribution is -2.36. The zero-order chi connectivity index (χ0) is 21.8. The summed E-state index contributed by atoms with van der Waals surface area (Å²) < 4.78 is 23.6. The van der Waals surface area contributed by atoms with Crippen LogP contribution in [0.3, 0.4) is 0 Å². The molecule has 1 aliphatic carbocycles. The van der Waals surface area contributed by atoms with E-state index in [1.54, 1.807) is 12.1 Å². The molecule has 0 spiro atoms. The Bertz CT molecular complexity index is 966. The van der Waals surface area contributed by atoms with Gasteiger partial charge in [0.2, 0.25) is 5.90 Å². The number of carbonyl (C=O) groups is 2. The number of esters is 1. The van der Waals surface area contributed by atoms with Crippen molar-refractivity contribution >= 4 is 17.8 Å². The predicted octanol–water partition coefficient (Wildman–Crippen LogP) is 3.99. The second-order valence-corrected chi connectivity index (χ2v) is 7.94. The highest BCUT2D eigenvalue weighted by Gasteiger charge is 2.32. The summed E-state index contributed by atoms with van der Waals surface area (Å²) in [4.78, 5) is 24.7. The fraction of sp³-hybridized carbons (Fsp3) is 0.375. The molecule has 1 fully saturated rings. The van der Waals surface area contributed by atoms with Gasteiger partial charge in [-0.25, -0.2) is 9.40 Å². The zero-order valence-electron chi connectivity index (χ0n) is 17.4. The Morgan fingerprint density at radius 2 is 1.84 bits per heavy atom. The Morgan fingerprint density at radius 1 is 1.16 bits per heavy atom. The van der Waals surface area contributed by atoms with Crippen LogP contribution in [0.15, 0.2) is 53.6 Å². The number of ether oxygens (including phenoxy) is 2. The molecule has 31 heavy (non-hydrogen) atoms. The van der Waals surface area contributed by atoms with Crippen LogP contribution >= 0.6 is 0 Å². The van der Waals surface area contributed by atoms with Gasteiger partial charge in [-0.05, 0) is 54.2 Å². The summed E-state index contributed by atoms with van der Waals surface area (Å²) in [6.45, 7) is 0.153. The van der Waals surface area contributed by atoms with Gasteiger partial charge < -0.3 is 9.47 Å². The summed E-state index contributed by atoms with van der Waals surface area (Å²) in [7, 11) is 1.43. The quantitative estimate of drug-likeness (QED) is 0.658. The fourth-order valence-electron chi connectivity index (χ4n) is 4.28. The summed E-state index contributed by atoms with van der Waals surface area (Å²) in [5.74, 6) is -0.471. The molecule has 0 aromatic heterocycles. The first-order chi connectivity index (χ1) is 15.0. The first-order valence-electron chi connectivity index (χ1n) is 10.5. The van der Waals surface area contributed by atoms with Gasteiger partial charge in [0, 0.05) is 5.56 Å². The van der Waals surface area contributed by atoms with Crippen molar-refractivity contribution in [2.24, 2.45) is 11.0 Å². The van der Waals surface area contributed by atoms with Gasteiger partial charge in [-0.15, -0.1) is 5.10 Å². The van der Waals surface area contributed by atoms with Crippen molar-refractivity contribution in [2.75, 3.05) is 13.7 Å². The number of nitrogens with zero attached hydrogens (tertiary/aromatic N) is 2. The average Bonchev–Trinajstić information content (AvgIpc) is 3.31. The lowest BCUT2D eigenvalue weighted by atomic mass is 9.84. The molecule has 2 aliphatic rings. The van der Waals surface area contributed by atoms with Crippen LogP contribution in [0.25, 0.3) is 0 Å². The Labute approximate surface area is 180 Å². The molecule has 0 saturated heterocycles. The van der Waals surface area contributed by atoms with E-state index < -0.39 is 0 Å². The van der Waals surface area contributed by atoms with Crippen molar-refractivity contribution < 1.29 is 23.5 Å². The van der Waals surface area contributed by atoms with Gasteiger partial charge in [-0.1, -0.05) is 37.1 Å². The molecule has 1 heterocycles. The number of rotatable bonds is 6. The monoisotopic (exact) mass is 424 g/mol. The number of amides is 1. The molecule has 7 heteroatoms. The van der Waals surface area contributed by atoms with Gasteiger partial charge in [-0.3, -0.25) is 9.59 Å². The highest BCUT2D eigenvalue weighted by atomic mass is 19.1. The van der Waals surface area contributed by atoms with Crippen LogP contribution in [0.2, 0.25) is 0 Å². The summed E-state index contributed by atoms with van der Waals surface area (Å²) >= 11 is 0. The molecule has 0 radical (unpaired) electrons. The van der Waals surface area contributed by atoms with Crippen molar-refractivity contribution in [2.45, 2.75) is 38.1 Å².